The fourth-order valence-electron chi connectivity index (χ4n) is 2.29. The topological polar surface area (TPSA) is 32.3 Å². The molecule has 0 unspecified atom stereocenters. The van der Waals surface area contributed by atoms with E-state index in [4.69, 9.17) is 0 Å². The summed E-state index contributed by atoms with van der Waals surface area (Å²) in [5.74, 6) is -0.301. The molecule has 3 nitrogen and oxygen atoms in total. The van der Waals surface area contributed by atoms with Crippen molar-refractivity contribution < 1.29 is 9.18 Å². The first-order valence-electron chi connectivity index (χ1n) is 6.38. The molecule has 19 heavy (non-hydrogen) atoms. The van der Waals surface area contributed by atoms with Crippen LogP contribution < -0.4 is 5.32 Å². The molecule has 0 bridgehead atoms. The number of rotatable bonds is 2. The fourth-order valence-corrected chi connectivity index (χ4v) is 2.99. The number of nitrogens with zero attached hydrogens (tertiary/aromatic N) is 1. The molecular formula is C14H18FIN2O. The molecule has 0 aromatic heterocycles. The van der Waals surface area contributed by atoms with E-state index in [1.807, 2.05) is 34.5 Å². The van der Waals surface area contributed by atoms with Crippen LogP contribution in [0.1, 0.15) is 30.1 Å². The molecule has 0 spiro atoms. The molecular weight excluding hydrogens is 358 g/mol. The first kappa shape index (κ1) is 14.7. The summed E-state index contributed by atoms with van der Waals surface area (Å²) >= 11 is 2.01. The normalized spacial score (nSPS) is 18.4. The van der Waals surface area contributed by atoms with Gasteiger partial charge in [-0.1, -0.05) is 0 Å². The lowest BCUT2D eigenvalue weighted by Crippen LogP contribution is -2.51. The van der Waals surface area contributed by atoms with Gasteiger partial charge < -0.3 is 10.2 Å². The van der Waals surface area contributed by atoms with Gasteiger partial charge in [-0.05, 0) is 67.6 Å². The molecule has 1 fully saturated rings. The molecule has 0 aliphatic carbocycles. The Labute approximate surface area is 126 Å². The SMILES string of the molecule is CNC1(C)CCN(C(=O)c2ccc(F)cc2I)CC1. The minimum atomic E-state index is -0.303. The van der Waals surface area contributed by atoms with Gasteiger partial charge >= 0.3 is 0 Å². The quantitative estimate of drug-likeness (QED) is 0.806. The number of hydrogen-bond acceptors (Lipinski definition) is 2. The zero-order valence-corrected chi connectivity index (χ0v) is 13.3. The van der Waals surface area contributed by atoms with Gasteiger partial charge in [0.25, 0.3) is 5.91 Å². The Morgan fingerprint density at radius 3 is 2.58 bits per heavy atom. The molecule has 0 atom stereocenters. The summed E-state index contributed by atoms with van der Waals surface area (Å²) < 4.78 is 13.7. The smallest absolute Gasteiger partial charge is 0.254 e. The summed E-state index contributed by atoms with van der Waals surface area (Å²) in [5, 5.41) is 3.31. The summed E-state index contributed by atoms with van der Waals surface area (Å²) in [6.45, 7) is 3.66. The lowest BCUT2D eigenvalue weighted by Gasteiger charge is -2.39. The maximum absolute atomic E-state index is 13.1. The maximum atomic E-state index is 13.1. The third kappa shape index (κ3) is 3.25. The molecule has 1 N–H and O–H groups in total. The zero-order valence-electron chi connectivity index (χ0n) is 11.2. The van der Waals surface area contributed by atoms with Gasteiger partial charge in [0.2, 0.25) is 0 Å². The zero-order chi connectivity index (χ0) is 14.0. The number of nitrogens with one attached hydrogen (secondary N) is 1. The summed E-state index contributed by atoms with van der Waals surface area (Å²) in [6, 6.07) is 4.32. The molecule has 5 heteroatoms. The lowest BCUT2D eigenvalue weighted by atomic mass is 9.89. The standard InChI is InChI=1S/C14H18FIN2O/c1-14(17-2)5-7-18(8-6-14)13(19)11-4-3-10(15)9-12(11)16/h3-4,9,17H,5-8H2,1-2H3. The van der Waals surface area contributed by atoms with Crippen LogP contribution in [0.15, 0.2) is 18.2 Å². The Kier molecular flexibility index (Phi) is 4.45. The summed E-state index contributed by atoms with van der Waals surface area (Å²) in [5.41, 5.74) is 0.710. The molecule has 1 amide bonds. The van der Waals surface area contributed by atoms with E-state index in [9.17, 15) is 9.18 Å². The van der Waals surface area contributed by atoms with E-state index < -0.39 is 0 Å². The van der Waals surface area contributed by atoms with E-state index in [0.717, 1.165) is 25.9 Å². The van der Waals surface area contributed by atoms with Crippen molar-refractivity contribution >= 4 is 28.5 Å². The number of benzene rings is 1. The van der Waals surface area contributed by atoms with Crippen LogP contribution in [0.5, 0.6) is 0 Å². The number of carbonyl (C=O) groups excluding carboxylic acids is 1. The number of piperidine rings is 1. The van der Waals surface area contributed by atoms with Gasteiger partial charge in [-0.2, -0.15) is 0 Å². The predicted molar refractivity (Wildman–Crippen MR) is 81.7 cm³/mol. The minimum Gasteiger partial charge on any atom is -0.338 e. The average molecular weight is 376 g/mol. The number of halogens is 2. The van der Waals surface area contributed by atoms with Crippen LogP contribution in [0.2, 0.25) is 0 Å². The molecule has 2 rings (SSSR count). The molecule has 1 aliphatic heterocycles. The van der Waals surface area contributed by atoms with Gasteiger partial charge in [-0.3, -0.25) is 4.79 Å². The average Bonchev–Trinajstić information content (AvgIpc) is 2.39. The Morgan fingerprint density at radius 1 is 1.42 bits per heavy atom. The second kappa shape index (κ2) is 5.75. The van der Waals surface area contributed by atoms with Crippen molar-refractivity contribution in [3.8, 4) is 0 Å². The van der Waals surface area contributed by atoms with Crippen molar-refractivity contribution in [2.24, 2.45) is 0 Å². The Bertz CT molecular complexity index is 484. The summed E-state index contributed by atoms with van der Waals surface area (Å²) in [6.07, 6.45) is 1.88. The second-order valence-electron chi connectivity index (χ2n) is 5.23. The van der Waals surface area contributed by atoms with Crippen molar-refractivity contribution in [3.63, 3.8) is 0 Å². The van der Waals surface area contributed by atoms with Crippen LogP contribution in [0.4, 0.5) is 4.39 Å². The van der Waals surface area contributed by atoms with Crippen LogP contribution in [0.3, 0.4) is 0 Å². The molecule has 1 saturated heterocycles. The van der Waals surface area contributed by atoms with Gasteiger partial charge in [-0.15, -0.1) is 0 Å². The fraction of sp³-hybridized carbons (Fsp3) is 0.500. The van der Waals surface area contributed by atoms with Gasteiger partial charge in [0.1, 0.15) is 5.82 Å². The predicted octanol–water partition coefficient (Wildman–Crippen LogP) is 2.64. The third-order valence-corrected chi connectivity index (χ3v) is 4.81. The first-order chi connectivity index (χ1) is 8.95. The van der Waals surface area contributed by atoms with Crippen LogP contribution in [0.25, 0.3) is 0 Å². The molecule has 0 saturated carbocycles. The number of carbonyl (C=O) groups is 1. The number of hydrogen-bond donors (Lipinski definition) is 1. The van der Waals surface area contributed by atoms with Crippen molar-refractivity contribution in [1.82, 2.24) is 10.2 Å². The molecule has 1 aliphatic rings. The van der Waals surface area contributed by atoms with E-state index in [2.05, 4.69) is 12.2 Å². The second-order valence-corrected chi connectivity index (χ2v) is 6.39. The highest BCUT2D eigenvalue weighted by Crippen LogP contribution is 2.24. The third-order valence-electron chi connectivity index (χ3n) is 3.92. The molecule has 1 aromatic rings. The van der Waals surface area contributed by atoms with Crippen LogP contribution in [-0.4, -0.2) is 36.5 Å². The van der Waals surface area contributed by atoms with E-state index in [-0.39, 0.29) is 17.3 Å². The Morgan fingerprint density at radius 2 is 2.05 bits per heavy atom. The highest BCUT2D eigenvalue weighted by atomic mass is 127. The summed E-state index contributed by atoms with van der Waals surface area (Å²) in [4.78, 5) is 14.3. The molecule has 104 valence electrons. The van der Waals surface area contributed by atoms with Gasteiger partial charge in [0.05, 0.1) is 5.56 Å². The highest BCUT2D eigenvalue weighted by molar-refractivity contribution is 14.1. The van der Waals surface area contributed by atoms with Gasteiger partial charge in [-0.25, -0.2) is 4.39 Å². The van der Waals surface area contributed by atoms with E-state index in [1.54, 1.807) is 6.07 Å². The molecule has 1 heterocycles. The maximum Gasteiger partial charge on any atom is 0.254 e. The van der Waals surface area contributed by atoms with E-state index >= 15 is 0 Å². The van der Waals surface area contributed by atoms with Crippen LogP contribution in [-0.2, 0) is 0 Å². The minimum absolute atomic E-state index is 0.00236. The van der Waals surface area contributed by atoms with E-state index in [1.165, 1.54) is 12.1 Å². The number of likely N-dealkylation sites (tertiary alicyclic amines) is 1. The monoisotopic (exact) mass is 376 g/mol. The molecule has 1 aromatic carbocycles. The Hall–Kier alpha value is -0.690. The van der Waals surface area contributed by atoms with Gasteiger partial charge in [0.15, 0.2) is 0 Å². The van der Waals surface area contributed by atoms with Gasteiger partial charge in [0, 0.05) is 22.2 Å². The lowest BCUT2D eigenvalue weighted by molar-refractivity contribution is 0.0660. The van der Waals surface area contributed by atoms with Crippen molar-refractivity contribution in [2.75, 3.05) is 20.1 Å². The largest absolute Gasteiger partial charge is 0.338 e. The highest BCUT2D eigenvalue weighted by Gasteiger charge is 2.31. The summed E-state index contributed by atoms with van der Waals surface area (Å²) in [7, 11) is 1.96. The van der Waals surface area contributed by atoms with Crippen molar-refractivity contribution in [2.45, 2.75) is 25.3 Å². The number of amides is 1. The van der Waals surface area contributed by atoms with Crippen LogP contribution in [0, 0.1) is 9.39 Å². The van der Waals surface area contributed by atoms with Crippen molar-refractivity contribution in [1.29, 1.82) is 0 Å². The van der Waals surface area contributed by atoms with Crippen molar-refractivity contribution in [3.05, 3.63) is 33.1 Å². The van der Waals surface area contributed by atoms with Crippen LogP contribution >= 0.6 is 22.6 Å². The Balaban J connectivity index is 2.09. The first-order valence-corrected chi connectivity index (χ1v) is 7.46. The molecule has 0 radical (unpaired) electrons. The van der Waals surface area contributed by atoms with E-state index in [0.29, 0.717) is 9.13 Å².